The van der Waals surface area contributed by atoms with Crippen LogP contribution in [0.5, 0.6) is 0 Å². The predicted octanol–water partition coefficient (Wildman–Crippen LogP) is 2.06. The molecule has 0 spiro atoms. The maximum atomic E-state index is 12.4. The van der Waals surface area contributed by atoms with Crippen LogP contribution in [0.3, 0.4) is 0 Å². The second-order valence-corrected chi connectivity index (χ2v) is 5.08. The first-order valence-corrected chi connectivity index (χ1v) is 6.76. The molecule has 0 atom stereocenters. The van der Waals surface area contributed by atoms with Crippen LogP contribution in [0.15, 0.2) is 30.5 Å². The maximum Gasteiger partial charge on any atom is 0.335 e. The van der Waals surface area contributed by atoms with Gasteiger partial charge in [0.05, 0.1) is 16.8 Å². The minimum Gasteiger partial charge on any atom is -0.478 e. The third-order valence-corrected chi connectivity index (χ3v) is 3.30. The van der Waals surface area contributed by atoms with Crippen LogP contribution in [0.1, 0.15) is 37.8 Å². The van der Waals surface area contributed by atoms with Gasteiger partial charge in [-0.15, -0.1) is 0 Å². The Kier molecular flexibility index (Phi) is 4.50. The number of aromatic nitrogens is 2. The Hall–Kier alpha value is -2.76. The van der Waals surface area contributed by atoms with Gasteiger partial charge in [-0.25, -0.2) is 14.8 Å². The largest absolute Gasteiger partial charge is 0.478 e. The van der Waals surface area contributed by atoms with Crippen molar-refractivity contribution in [2.24, 2.45) is 0 Å². The number of amides is 1. The quantitative estimate of drug-likeness (QED) is 0.934. The zero-order valence-electron chi connectivity index (χ0n) is 12.7. The Balaban J connectivity index is 2.12. The topological polar surface area (TPSA) is 83.4 Å². The molecule has 22 heavy (non-hydrogen) atoms. The molecule has 1 N–H and O–H groups in total. The highest BCUT2D eigenvalue weighted by Crippen LogP contribution is 2.11. The summed E-state index contributed by atoms with van der Waals surface area (Å²) in [5, 5.41) is 8.87. The number of benzene rings is 1. The van der Waals surface area contributed by atoms with Crippen molar-refractivity contribution in [3.63, 3.8) is 0 Å². The van der Waals surface area contributed by atoms with E-state index in [4.69, 9.17) is 5.11 Å². The molecule has 0 aliphatic heterocycles. The van der Waals surface area contributed by atoms with Crippen LogP contribution in [-0.2, 0) is 6.54 Å². The summed E-state index contributed by atoms with van der Waals surface area (Å²) in [7, 11) is 1.69. The molecule has 0 aliphatic carbocycles. The molecule has 6 heteroatoms. The van der Waals surface area contributed by atoms with Gasteiger partial charge in [-0.2, -0.15) is 0 Å². The van der Waals surface area contributed by atoms with E-state index < -0.39 is 5.97 Å². The van der Waals surface area contributed by atoms with Crippen molar-refractivity contribution in [3.8, 4) is 0 Å². The lowest BCUT2D eigenvalue weighted by atomic mass is 10.1. The first-order chi connectivity index (χ1) is 10.4. The van der Waals surface area contributed by atoms with Crippen LogP contribution in [0.25, 0.3) is 0 Å². The zero-order valence-corrected chi connectivity index (χ0v) is 12.7. The molecular weight excluding hydrogens is 282 g/mol. The SMILES string of the molecule is Cc1ncc(C(=O)N(C)Cc2ccc(C(=O)O)cc2)c(C)n1. The summed E-state index contributed by atoms with van der Waals surface area (Å²) in [5.41, 5.74) is 2.19. The van der Waals surface area contributed by atoms with Gasteiger partial charge >= 0.3 is 5.97 Å². The third kappa shape index (κ3) is 3.46. The molecule has 6 nitrogen and oxygen atoms in total. The molecule has 0 fully saturated rings. The zero-order chi connectivity index (χ0) is 16.3. The van der Waals surface area contributed by atoms with Crippen LogP contribution in [-0.4, -0.2) is 38.9 Å². The van der Waals surface area contributed by atoms with E-state index >= 15 is 0 Å². The summed E-state index contributed by atoms with van der Waals surface area (Å²) in [6, 6.07) is 6.45. The molecule has 2 aromatic rings. The van der Waals surface area contributed by atoms with Crippen molar-refractivity contribution in [1.82, 2.24) is 14.9 Å². The Morgan fingerprint density at radius 3 is 2.36 bits per heavy atom. The molecule has 0 saturated carbocycles. The number of hydrogen-bond acceptors (Lipinski definition) is 4. The fourth-order valence-corrected chi connectivity index (χ4v) is 2.10. The lowest BCUT2D eigenvalue weighted by Gasteiger charge is -2.18. The third-order valence-electron chi connectivity index (χ3n) is 3.30. The number of hydrogen-bond donors (Lipinski definition) is 1. The highest BCUT2D eigenvalue weighted by molar-refractivity contribution is 5.94. The normalized spacial score (nSPS) is 10.3. The molecule has 0 radical (unpaired) electrons. The van der Waals surface area contributed by atoms with Crippen LogP contribution in [0.4, 0.5) is 0 Å². The number of aryl methyl sites for hydroxylation is 2. The molecule has 1 aromatic carbocycles. The van der Waals surface area contributed by atoms with Crippen molar-refractivity contribution in [2.45, 2.75) is 20.4 Å². The fourth-order valence-electron chi connectivity index (χ4n) is 2.10. The smallest absolute Gasteiger partial charge is 0.335 e. The fraction of sp³-hybridized carbons (Fsp3) is 0.250. The van der Waals surface area contributed by atoms with Crippen molar-refractivity contribution in [1.29, 1.82) is 0 Å². The number of carbonyl (C=O) groups is 2. The van der Waals surface area contributed by atoms with Crippen LogP contribution in [0, 0.1) is 13.8 Å². The molecule has 0 saturated heterocycles. The maximum absolute atomic E-state index is 12.4. The van der Waals surface area contributed by atoms with Crippen LogP contribution >= 0.6 is 0 Å². The van der Waals surface area contributed by atoms with Gasteiger partial charge in [0, 0.05) is 19.8 Å². The summed E-state index contributed by atoms with van der Waals surface area (Å²) >= 11 is 0. The molecule has 1 heterocycles. The van der Waals surface area contributed by atoms with E-state index in [0.717, 1.165) is 5.56 Å². The second-order valence-electron chi connectivity index (χ2n) is 5.08. The van der Waals surface area contributed by atoms with Crippen LogP contribution < -0.4 is 0 Å². The summed E-state index contributed by atoms with van der Waals surface area (Å²) in [6.07, 6.45) is 1.53. The molecule has 0 aliphatic rings. The molecule has 0 bridgehead atoms. The standard InChI is InChI=1S/C16H17N3O3/c1-10-14(8-17-11(2)18-10)15(20)19(3)9-12-4-6-13(7-5-12)16(21)22/h4-8H,9H2,1-3H3,(H,21,22). The predicted molar refractivity (Wildman–Crippen MR) is 80.7 cm³/mol. The van der Waals surface area contributed by atoms with E-state index in [-0.39, 0.29) is 11.5 Å². The van der Waals surface area contributed by atoms with Gasteiger partial charge in [0.15, 0.2) is 0 Å². The molecule has 1 aromatic heterocycles. The molecule has 114 valence electrons. The summed E-state index contributed by atoms with van der Waals surface area (Å²) in [6.45, 7) is 3.93. The van der Waals surface area contributed by atoms with Crippen molar-refractivity contribution in [3.05, 3.63) is 58.7 Å². The lowest BCUT2D eigenvalue weighted by Crippen LogP contribution is -2.27. The Morgan fingerprint density at radius 2 is 1.82 bits per heavy atom. The van der Waals surface area contributed by atoms with Gasteiger partial charge in [0.1, 0.15) is 5.82 Å². The molecule has 0 unspecified atom stereocenters. The number of aromatic carboxylic acids is 1. The number of carbonyl (C=O) groups excluding carboxylic acids is 1. The monoisotopic (exact) mass is 299 g/mol. The average molecular weight is 299 g/mol. The second kappa shape index (κ2) is 6.34. The Labute approximate surface area is 128 Å². The Morgan fingerprint density at radius 1 is 1.18 bits per heavy atom. The van der Waals surface area contributed by atoms with Crippen molar-refractivity contribution >= 4 is 11.9 Å². The summed E-state index contributed by atoms with van der Waals surface area (Å²) < 4.78 is 0. The molecule has 1 amide bonds. The average Bonchev–Trinajstić information content (AvgIpc) is 2.47. The van der Waals surface area contributed by atoms with Gasteiger partial charge in [-0.1, -0.05) is 12.1 Å². The number of carboxylic acids is 1. The van der Waals surface area contributed by atoms with Gasteiger partial charge in [-0.05, 0) is 31.5 Å². The first-order valence-electron chi connectivity index (χ1n) is 6.76. The minimum atomic E-state index is -0.969. The van der Waals surface area contributed by atoms with E-state index in [2.05, 4.69) is 9.97 Å². The highest BCUT2D eigenvalue weighted by Gasteiger charge is 2.16. The number of carboxylic acid groups (broad SMARTS) is 1. The van der Waals surface area contributed by atoms with Gasteiger partial charge in [0.25, 0.3) is 5.91 Å². The summed E-state index contributed by atoms with van der Waals surface area (Å²) in [4.78, 5) is 33.0. The van der Waals surface area contributed by atoms with E-state index in [1.807, 2.05) is 0 Å². The van der Waals surface area contributed by atoms with E-state index in [1.54, 1.807) is 37.9 Å². The van der Waals surface area contributed by atoms with Crippen molar-refractivity contribution in [2.75, 3.05) is 7.05 Å². The van der Waals surface area contributed by atoms with Gasteiger partial charge < -0.3 is 10.0 Å². The van der Waals surface area contributed by atoms with Gasteiger partial charge in [-0.3, -0.25) is 4.79 Å². The van der Waals surface area contributed by atoms with Gasteiger partial charge in [0.2, 0.25) is 0 Å². The molecule has 2 rings (SSSR count). The lowest BCUT2D eigenvalue weighted by molar-refractivity contribution is 0.0695. The van der Waals surface area contributed by atoms with Crippen LogP contribution in [0.2, 0.25) is 0 Å². The summed E-state index contributed by atoms with van der Waals surface area (Å²) in [5.74, 6) is -0.510. The number of nitrogens with zero attached hydrogens (tertiary/aromatic N) is 3. The van der Waals surface area contributed by atoms with E-state index in [1.165, 1.54) is 18.3 Å². The Bertz CT molecular complexity index is 711. The van der Waals surface area contributed by atoms with Crippen molar-refractivity contribution < 1.29 is 14.7 Å². The van der Waals surface area contributed by atoms with E-state index in [0.29, 0.717) is 23.6 Å². The number of rotatable bonds is 4. The van der Waals surface area contributed by atoms with E-state index in [9.17, 15) is 9.59 Å². The highest BCUT2D eigenvalue weighted by atomic mass is 16.4. The molecular formula is C16H17N3O3. The minimum absolute atomic E-state index is 0.167. The first kappa shape index (κ1) is 15.6.